The first-order valence-corrected chi connectivity index (χ1v) is 8.49. The molecule has 0 amide bonds. The molecule has 3 atom stereocenters. The van der Waals surface area contributed by atoms with E-state index in [4.69, 9.17) is 0 Å². The lowest BCUT2D eigenvalue weighted by molar-refractivity contribution is 0.136. The predicted molar refractivity (Wildman–Crippen MR) is 77.7 cm³/mol. The van der Waals surface area contributed by atoms with Crippen LogP contribution in [-0.2, 0) is 0 Å². The zero-order chi connectivity index (χ0) is 12.4. The van der Waals surface area contributed by atoms with Crippen molar-refractivity contribution >= 4 is 0 Å². The van der Waals surface area contributed by atoms with E-state index < -0.39 is 0 Å². The largest absolute Gasteiger partial charge is 0.313 e. The molecule has 0 aliphatic heterocycles. The Balaban J connectivity index is 1.46. The third-order valence-electron chi connectivity index (χ3n) is 6.17. The molecule has 0 bridgehead atoms. The van der Waals surface area contributed by atoms with Gasteiger partial charge in [0, 0.05) is 12.6 Å². The van der Waals surface area contributed by atoms with Crippen LogP contribution in [0.3, 0.4) is 0 Å². The van der Waals surface area contributed by atoms with Gasteiger partial charge >= 0.3 is 0 Å². The lowest BCUT2D eigenvalue weighted by atomic mass is 9.69. The molecule has 3 rings (SSSR count). The van der Waals surface area contributed by atoms with E-state index in [0.29, 0.717) is 5.41 Å². The van der Waals surface area contributed by atoms with Crippen LogP contribution in [0.5, 0.6) is 0 Å². The Morgan fingerprint density at radius 3 is 2.39 bits per heavy atom. The van der Waals surface area contributed by atoms with Crippen molar-refractivity contribution in [1.82, 2.24) is 5.32 Å². The molecule has 0 radical (unpaired) electrons. The molecule has 0 aromatic carbocycles. The molecule has 1 N–H and O–H groups in total. The topological polar surface area (TPSA) is 12.0 Å². The van der Waals surface area contributed by atoms with Crippen molar-refractivity contribution in [3.8, 4) is 0 Å². The van der Waals surface area contributed by atoms with Crippen molar-refractivity contribution in [2.75, 3.05) is 6.54 Å². The van der Waals surface area contributed by atoms with E-state index in [1.165, 1.54) is 77.2 Å². The van der Waals surface area contributed by atoms with Crippen molar-refractivity contribution in [2.45, 2.75) is 83.6 Å². The first-order valence-electron chi connectivity index (χ1n) is 8.49. The Labute approximate surface area is 113 Å². The smallest absolute Gasteiger partial charge is 0.00701 e. The Hall–Kier alpha value is -0.0400. The summed E-state index contributed by atoms with van der Waals surface area (Å²) in [6.07, 6.45) is 16.4. The third kappa shape index (κ3) is 2.92. The van der Waals surface area contributed by atoms with Crippen LogP contribution in [0.1, 0.15) is 77.6 Å². The molecule has 1 heteroatoms. The standard InChI is InChI=1S/C17H31N/c1-17(10-4-5-11-17)13-18-16-9-8-14-6-2-3-7-15(14)12-16/h14-16,18H,2-13H2,1H3. The number of nitrogens with one attached hydrogen (secondary N) is 1. The summed E-state index contributed by atoms with van der Waals surface area (Å²) in [7, 11) is 0. The molecular weight excluding hydrogens is 218 g/mol. The summed E-state index contributed by atoms with van der Waals surface area (Å²) in [6, 6.07) is 0.849. The monoisotopic (exact) mass is 249 g/mol. The van der Waals surface area contributed by atoms with Crippen molar-refractivity contribution in [2.24, 2.45) is 17.3 Å². The van der Waals surface area contributed by atoms with E-state index in [1.54, 1.807) is 0 Å². The molecule has 0 aromatic heterocycles. The molecule has 1 nitrogen and oxygen atoms in total. The molecule has 0 aromatic rings. The van der Waals surface area contributed by atoms with Crippen LogP contribution in [0.15, 0.2) is 0 Å². The predicted octanol–water partition coefficient (Wildman–Crippen LogP) is 4.52. The first kappa shape index (κ1) is 13.0. The molecule has 104 valence electrons. The summed E-state index contributed by atoms with van der Waals surface area (Å²) in [6.45, 7) is 3.79. The van der Waals surface area contributed by atoms with Gasteiger partial charge in [0.15, 0.2) is 0 Å². The summed E-state index contributed by atoms with van der Waals surface area (Å²) in [5.74, 6) is 2.17. The van der Waals surface area contributed by atoms with Gasteiger partial charge in [0.05, 0.1) is 0 Å². The van der Waals surface area contributed by atoms with Crippen LogP contribution in [0.4, 0.5) is 0 Å². The maximum absolute atomic E-state index is 3.94. The Bertz CT molecular complexity index is 267. The Morgan fingerprint density at radius 1 is 0.889 bits per heavy atom. The molecule has 0 heterocycles. The zero-order valence-corrected chi connectivity index (χ0v) is 12.2. The van der Waals surface area contributed by atoms with Gasteiger partial charge in [-0.25, -0.2) is 0 Å². The molecular formula is C17H31N. The summed E-state index contributed by atoms with van der Waals surface area (Å²) < 4.78 is 0. The van der Waals surface area contributed by atoms with Gasteiger partial charge in [-0.05, 0) is 49.4 Å². The minimum atomic E-state index is 0.628. The van der Waals surface area contributed by atoms with Crippen LogP contribution in [0, 0.1) is 17.3 Å². The van der Waals surface area contributed by atoms with Gasteiger partial charge in [-0.2, -0.15) is 0 Å². The van der Waals surface area contributed by atoms with Crippen LogP contribution < -0.4 is 5.32 Å². The summed E-state index contributed by atoms with van der Waals surface area (Å²) >= 11 is 0. The second-order valence-electron chi connectivity index (χ2n) is 7.71. The Morgan fingerprint density at radius 2 is 1.61 bits per heavy atom. The number of hydrogen-bond acceptors (Lipinski definition) is 1. The van der Waals surface area contributed by atoms with Gasteiger partial charge in [-0.15, -0.1) is 0 Å². The fourth-order valence-corrected chi connectivity index (χ4v) is 4.85. The van der Waals surface area contributed by atoms with Crippen LogP contribution in [-0.4, -0.2) is 12.6 Å². The molecule has 3 unspecified atom stereocenters. The third-order valence-corrected chi connectivity index (χ3v) is 6.17. The normalized spacial score (nSPS) is 39.5. The maximum Gasteiger partial charge on any atom is 0.00701 e. The lowest BCUT2D eigenvalue weighted by Crippen LogP contribution is -2.42. The van der Waals surface area contributed by atoms with E-state index in [1.807, 2.05) is 0 Å². The summed E-state index contributed by atoms with van der Waals surface area (Å²) in [4.78, 5) is 0. The van der Waals surface area contributed by atoms with E-state index >= 15 is 0 Å². The van der Waals surface area contributed by atoms with Crippen molar-refractivity contribution < 1.29 is 0 Å². The summed E-state index contributed by atoms with van der Waals surface area (Å²) in [5.41, 5.74) is 0.628. The van der Waals surface area contributed by atoms with E-state index in [0.717, 1.165) is 17.9 Å². The van der Waals surface area contributed by atoms with Gasteiger partial charge in [-0.1, -0.05) is 45.4 Å². The molecule has 0 spiro atoms. The fourth-order valence-electron chi connectivity index (χ4n) is 4.85. The Kier molecular flexibility index (Phi) is 3.98. The molecule has 3 aliphatic carbocycles. The maximum atomic E-state index is 3.94. The minimum Gasteiger partial charge on any atom is -0.313 e. The average Bonchev–Trinajstić information content (AvgIpc) is 2.84. The highest BCUT2D eigenvalue weighted by atomic mass is 14.9. The van der Waals surface area contributed by atoms with Gasteiger partial charge in [0.1, 0.15) is 0 Å². The highest BCUT2D eigenvalue weighted by Crippen LogP contribution is 2.41. The number of hydrogen-bond donors (Lipinski definition) is 1. The summed E-state index contributed by atoms with van der Waals surface area (Å²) in [5, 5.41) is 3.94. The lowest BCUT2D eigenvalue weighted by Gasteiger charge is -2.40. The molecule has 0 saturated heterocycles. The quantitative estimate of drug-likeness (QED) is 0.775. The highest BCUT2D eigenvalue weighted by Gasteiger charge is 2.34. The van der Waals surface area contributed by atoms with Gasteiger partial charge in [-0.3, -0.25) is 0 Å². The second-order valence-corrected chi connectivity index (χ2v) is 7.71. The van der Waals surface area contributed by atoms with Crippen molar-refractivity contribution in [3.05, 3.63) is 0 Å². The molecule has 3 saturated carbocycles. The van der Waals surface area contributed by atoms with Gasteiger partial charge < -0.3 is 5.32 Å². The van der Waals surface area contributed by atoms with Crippen LogP contribution in [0.2, 0.25) is 0 Å². The fraction of sp³-hybridized carbons (Fsp3) is 1.00. The van der Waals surface area contributed by atoms with Gasteiger partial charge in [0.25, 0.3) is 0 Å². The van der Waals surface area contributed by atoms with E-state index in [-0.39, 0.29) is 0 Å². The average molecular weight is 249 g/mol. The second kappa shape index (κ2) is 5.53. The van der Waals surface area contributed by atoms with Crippen LogP contribution in [0.25, 0.3) is 0 Å². The van der Waals surface area contributed by atoms with Crippen LogP contribution >= 0.6 is 0 Å². The minimum absolute atomic E-state index is 0.628. The number of fused-ring (bicyclic) bond motifs is 1. The zero-order valence-electron chi connectivity index (χ0n) is 12.2. The van der Waals surface area contributed by atoms with E-state index in [9.17, 15) is 0 Å². The molecule has 3 fully saturated rings. The first-order chi connectivity index (χ1) is 8.75. The van der Waals surface area contributed by atoms with Crippen molar-refractivity contribution in [1.29, 1.82) is 0 Å². The SMILES string of the molecule is CC1(CNC2CCC3CCCCC3C2)CCCC1. The number of rotatable bonds is 3. The van der Waals surface area contributed by atoms with Crippen molar-refractivity contribution in [3.63, 3.8) is 0 Å². The van der Waals surface area contributed by atoms with E-state index in [2.05, 4.69) is 12.2 Å². The molecule has 3 aliphatic rings. The molecule has 18 heavy (non-hydrogen) atoms. The highest BCUT2D eigenvalue weighted by molar-refractivity contribution is 4.89. The van der Waals surface area contributed by atoms with Gasteiger partial charge in [0.2, 0.25) is 0 Å².